The number of hydrogen-bond donors (Lipinski definition) is 2. The number of rotatable bonds is 3. The van der Waals surface area contributed by atoms with Gasteiger partial charge in [-0.2, -0.15) is 0 Å². The molecule has 4 heteroatoms. The zero-order chi connectivity index (χ0) is 13.2. The van der Waals surface area contributed by atoms with Crippen LogP contribution in [-0.4, -0.2) is 13.1 Å². The summed E-state index contributed by atoms with van der Waals surface area (Å²) >= 11 is 3.55. The Balaban J connectivity index is 1.79. The van der Waals surface area contributed by atoms with Crippen LogP contribution in [0.25, 0.3) is 0 Å². The first-order chi connectivity index (χ1) is 9.28. The summed E-state index contributed by atoms with van der Waals surface area (Å²) in [6, 6.07) is 5.40. The molecule has 1 aromatic rings. The number of aryl methyl sites for hydroxylation is 1. The van der Waals surface area contributed by atoms with Crippen LogP contribution in [0.5, 0.6) is 0 Å². The lowest BCUT2D eigenvalue weighted by atomic mass is 9.92. The van der Waals surface area contributed by atoms with Gasteiger partial charge in [0, 0.05) is 15.8 Å². The second-order valence-corrected chi connectivity index (χ2v) is 7.54. The summed E-state index contributed by atoms with van der Waals surface area (Å²) in [4.78, 5) is 2.76. The Hall–Kier alpha value is -0.160. The lowest BCUT2D eigenvalue weighted by Crippen LogP contribution is -2.35. The molecule has 104 valence electrons. The number of hydrogen-bond acceptors (Lipinski definition) is 4. The van der Waals surface area contributed by atoms with E-state index in [4.69, 9.17) is 0 Å². The first-order valence-electron chi connectivity index (χ1n) is 7.17. The van der Waals surface area contributed by atoms with Crippen LogP contribution < -0.4 is 9.44 Å². The van der Waals surface area contributed by atoms with Crippen LogP contribution in [0, 0.1) is 12.8 Å². The average Bonchev–Trinajstić information content (AvgIpc) is 2.93. The third kappa shape index (κ3) is 2.97. The molecule has 0 bridgehead atoms. The molecule has 1 aromatic carbocycles. The third-order valence-corrected chi connectivity index (χ3v) is 6.18. The van der Waals surface area contributed by atoms with Crippen LogP contribution in [0.2, 0.25) is 0 Å². The number of fused-ring (bicyclic) bond motifs is 1. The molecule has 1 unspecified atom stereocenters. The number of nitrogens with one attached hydrogen (secondary N) is 2. The van der Waals surface area contributed by atoms with Gasteiger partial charge in [-0.25, -0.2) is 0 Å². The zero-order valence-corrected chi connectivity index (χ0v) is 13.3. The molecule has 1 aliphatic carbocycles. The summed E-state index contributed by atoms with van der Waals surface area (Å²) in [7, 11) is 1.98. The van der Waals surface area contributed by atoms with E-state index in [0.717, 1.165) is 5.92 Å². The van der Waals surface area contributed by atoms with Crippen LogP contribution in [0.3, 0.4) is 0 Å². The number of benzene rings is 1. The van der Waals surface area contributed by atoms with Crippen molar-refractivity contribution in [3.8, 4) is 0 Å². The van der Waals surface area contributed by atoms with Crippen molar-refractivity contribution in [2.45, 2.75) is 54.9 Å². The highest BCUT2D eigenvalue weighted by atomic mass is 32.2. The van der Waals surface area contributed by atoms with Crippen molar-refractivity contribution in [2.24, 2.45) is 5.92 Å². The maximum absolute atomic E-state index is 3.69. The summed E-state index contributed by atoms with van der Waals surface area (Å²) < 4.78 is 6.87. The van der Waals surface area contributed by atoms with Crippen LogP contribution >= 0.6 is 23.9 Å². The first-order valence-corrected chi connectivity index (χ1v) is 8.80. The second kappa shape index (κ2) is 6.08. The van der Waals surface area contributed by atoms with E-state index in [9.17, 15) is 0 Å². The van der Waals surface area contributed by atoms with Gasteiger partial charge < -0.3 is 0 Å². The summed E-state index contributed by atoms with van der Waals surface area (Å²) in [5.74, 6) is 0.896. The van der Waals surface area contributed by atoms with Crippen LogP contribution in [0.1, 0.15) is 36.8 Å². The maximum Gasteiger partial charge on any atom is 0.0272 e. The summed E-state index contributed by atoms with van der Waals surface area (Å²) in [5, 5.41) is 0. The van der Waals surface area contributed by atoms with Crippen molar-refractivity contribution in [3.63, 3.8) is 0 Å². The van der Waals surface area contributed by atoms with Crippen molar-refractivity contribution in [2.75, 3.05) is 7.05 Å². The highest BCUT2D eigenvalue weighted by Crippen LogP contribution is 2.37. The molecule has 1 atom stereocenters. The molecule has 0 radical (unpaired) electrons. The minimum Gasteiger partial charge on any atom is -0.263 e. The van der Waals surface area contributed by atoms with Gasteiger partial charge in [0.1, 0.15) is 0 Å². The molecule has 0 aromatic heterocycles. The van der Waals surface area contributed by atoms with E-state index >= 15 is 0 Å². The Morgan fingerprint density at radius 3 is 2.84 bits per heavy atom. The molecule has 0 amide bonds. The molecule has 1 saturated carbocycles. The lowest BCUT2D eigenvalue weighted by Gasteiger charge is -2.30. The van der Waals surface area contributed by atoms with E-state index in [1.165, 1.54) is 47.5 Å². The molecule has 2 N–H and O–H groups in total. The smallest absolute Gasteiger partial charge is 0.0272 e. The first kappa shape index (κ1) is 13.8. The predicted octanol–water partition coefficient (Wildman–Crippen LogP) is 3.93. The SMILES string of the molecule is CNSc1cc2c(cc1C)CC(C1CCCC1)NS2. The highest BCUT2D eigenvalue weighted by Gasteiger charge is 2.29. The summed E-state index contributed by atoms with van der Waals surface area (Å²) in [6.07, 6.45) is 6.90. The standard InChI is InChI=1S/C15H22N2S2/c1-10-7-12-8-13(11-5-3-4-6-11)17-19-15(12)9-14(10)18-16-2/h7,9,11,13,16-17H,3-6,8H2,1-2H3. The van der Waals surface area contributed by atoms with Crippen molar-refractivity contribution in [1.82, 2.24) is 9.44 Å². The largest absolute Gasteiger partial charge is 0.263 e. The molecule has 0 spiro atoms. The molecular weight excluding hydrogens is 272 g/mol. The molecule has 0 saturated heterocycles. The van der Waals surface area contributed by atoms with Gasteiger partial charge in [0.2, 0.25) is 0 Å². The fourth-order valence-corrected chi connectivity index (χ4v) is 4.94. The van der Waals surface area contributed by atoms with Crippen molar-refractivity contribution < 1.29 is 0 Å². The quantitative estimate of drug-likeness (QED) is 0.825. The predicted molar refractivity (Wildman–Crippen MR) is 84.5 cm³/mol. The summed E-state index contributed by atoms with van der Waals surface area (Å²) in [5.41, 5.74) is 2.93. The topological polar surface area (TPSA) is 24.1 Å². The molecule has 2 nitrogen and oxygen atoms in total. The molecule has 3 rings (SSSR count). The van der Waals surface area contributed by atoms with Crippen LogP contribution in [0.4, 0.5) is 0 Å². The molecule has 1 fully saturated rings. The minimum absolute atomic E-state index is 0.683. The van der Waals surface area contributed by atoms with E-state index in [1.807, 2.05) is 19.0 Å². The zero-order valence-electron chi connectivity index (χ0n) is 11.7. The Kier molecular flexibility index (Phi) is 4.42. The monoisotopic (exact) mass is 294 g/mol. The highest BCUT2D eigenvalue weighted by molar-refractivity contribution is 7.98. The summed E-state index contributed by atoms with van der Waals surface area (Å²) in [6.45, 7) is 2.22. The minimum atomic E-state index is 0.683. The van der Waals surface area contributed by atoms with E-state index < -0.39 is 0 Å². The molecule has 1 heterocycles. The van der Waals surface area contributed by atoms with Gasteiger partial charge >= 0.3 is 0 Å². The Morgan fingerprint density at radius 1 is 1.32 bits per heavy atom. The van der Waals surface area contributed by atoms with Gasteiger partial charge in [0.25, 0.3) is 0 Å². The Bertz CT molecular complexity index is 456. The fourth-order valence-electron chi connectivity index (χ4n) is 3.24. The van der Waals surface area contributed by atoms with Gasteiger partial charge in [-0.1, -0.05) is 18.9 Å². The van der Waals surface area contributed by atoms with Gasteiger partial charge in [-0.15, -0.1) is 0 Å². The van der Waals surface area contributed by atoms with Crippen molar-refractivity contribution in [1.29, 1.82) is 0 Å². The average molecular weight is 294 g/mol. The van der Waals surface area contributed by atoms with Gasteiger partial charge in [0.05, 0.1) is 0 Å². The van der Waals surface area contributed by atoms with Gasteiger partial charge in [0.15, 0.2) is 0 Å². The van der Waals surface area contributed by atoms with Crippen molar-refractivity contribution in [3.05, 3.63) is 23.3 Å². The van der Waals surface area contributed by atoms with Crippen LogP contribution in [-0.2, 0) is 6.42 Å². The third-order valence-electron chi connectivity index (χ3n) is 4.30. The molecule has 2 aliphatic rings. The van der Waals surface area contributed by atoms with Gasteiger partial charge in [-0.3, -0.25) is 9.44 Å². The fraction of sp³-hybridized carbons (Fsp3) is 0.600. The second-order valence-electron chi connectivity index (χ2n) is 5.61. The van der Waals surface area contributed by atoms with E-state index in [0.29, 0.717) is 6.04 Å². The van der Waals surface area contributed by atoms with E-state index in [1.54, 1.807) is 17.5 Å². The molecular formula is C15H22N2S2. The molecule has 1 aliphatic heterocycles. The normalized spacial score (nSPS) is 23.6. The Labute approximate surface area is 124 Å². The van der Waals surface area contributed by atoms with Crippen LogP contribution in [0.15, 0.2) is 21.9 Å². The lowest BCUT2D eigenvalue weighted by molar-refractivity contribution is 0.402. The molecule has 19 heavy (non-hydrogen) atoms. The van der Waals surface area contributed by atoms with Gasteiger partial charge in [-0.05, 0) is 80.2 Å². The Morgan fingerprint density at radius 2 is 2.11 bits per heavy atom. The maximum atomic E-state index is 3.69. The van der Waals surface area contributed by atoms with E-state index in [2.05, 4.69) is 28.5 Å². The van der Waals surface area contributed by atoms with Crippen molar-refractivity contribution >= 4 is 23.9 Å². The van der Waals surface area contributed by atoms with E-state index in [-0.39, 0.29) is 0 Å².